The summed E-state index contributed by atoms with van der Waals surface area (Å²) in [5, 5.41) is 13.6. The topological polar surface area (TPSA) is 105 Å². The van der Waals surface area contributed by atoms with E-state index in [1.54, 1.807) is 18.3 Å². The van der Waals surface area contributed by atoms with E-state index < -0.39 is 0 Å². The summed E-state index contributed by atoms with van der Waals surface area (Å²) in [5.41, 5.74) is 8.47. The second kappa shape index (κ2) is 6.62. The summed E-state index contributed by atoms with van der Waals surface area (Å²) in [6.07, 6.45) is 3.95. The molecule has 1 atom stereocenters. The number of benzene rings is 1. The highest BCUT2D eigenvalue weighted by molar-refractivity contribution is 5.67. The second-order valence-electron chi connectivity index (χ2n) is 6.52. The average molecular weight is 353 g/mol. The molecule has 0 unspecified atom stereocenters. The Labute approximate surface area is 150 Å². The summed E-state index contributed by atoms with van der Waals surface area (Å²) in [5.74, 6) is 1.92. The Bertz CT molecular complexity index is 902. The van der Waals surface area contributed by atoms with Crippen molar-refractivity contribution in [2.75, 3.05) is 16.4 Å². The van der Waals surface area contributed by atoms with E-state index in [-0.39, 0.29) is 11.9 Å². The van der Waals surface area contributed by atoms with E-state index in [0.717, 1.165) is 11.3 Å². The quantitative estimate of drug-likeness (QED) is 0.538. The number of anilines is 4. The number of rotatable bonds is 6. The highest BCUT2D eigenvalue weighted by atomic mass is 19.1. The van der Waals surface area contributed by atoms with E-state index in [1.165, 1.54) is 25.0 Å². The van der Waals surface area contributed by atoms with Gasteiger partial charge in [0, 0.05) is 17.7 Å². The standard InChI is InChI=1S/C18H20FN7/c1-10(11-4-6-13(19)7-5-11)22-18-21-9-14(20)17(24-18)23-16-8-15(25-26-16)12-2-3-12/h4-10,12H,2-3,20H2,1H3,(H3,21,22,23,24,25,26)/t10-/m0/s1. The van der Waals surface area contributed by atoms with Gasteiger partial charge in [-0.2, -0.15) is 10.1 Å². The molecule has 1 aromatic carbocycles. The lowest BCUT2D eigenvalue weighted by molar-refractivity contribution is 0.626. The van der Waals surface area contributed by atoms with Gasteiger partial charge in [0.15, 0.2) is 11.6 Å². The molecule has 134 valence electrons. The predicted octanol–water partition coefficient (Wildman–Crippen LogP) is 3.72. The molecule has 0 aliphatic heterocycles. The Morgan fingerprint density at radius 3 is 2.77 bits per heavy atom. The highest BCUT2D eigenvalue weighted by Crippen LogP contribution is 2.39. The molecule has 0 radical (unpaired) electrons. The van der Waals surface area contributed by atoms with Crippen LogP contribution < -0.4 is 16.4 Å². The SMILES string of the molecule is C[C@H](Nc1ncc(N)c(Nc2cc(C3CC3)[nH]n2)n1)c1ccc(F)cc1. The number of nitrogens with one attached hydrogen (secondary N) is 3. The van der Waals surface area contributed by atoms with Gasteiger partial charge in [-0.1, -0.05) is 12.1 Å². The Hall–Kier alpha value is -3.16. The van der Waals surface area contributed by atoms with Crippen LogP contribution in [0.3, 0.4) is 0 Å². The van der Waals surface area contributed by atoms with Crippen LogP contribution in [-0.2, 0) is 0 Å². The van der Waals surface area contributed by atoms with E-state index >= 15 is 0 Å². The van der Waals surface area contributed by atoms with Crippen LogP contribution in [0.15, 0.2) is 36.5 Å². The first kappa shape index (κ1) is 16.3. The minimum absolute atomic E-state index is 0.0843. The van der Waals surface area contributed by atoms with E-state index in [4.69, 9.17) is 5.73 Å². The zero-order valence-electron chi connectivity index (χ0n) is 14.3. The Morgan fingerprint density at radius 1 is 1.27 bits per heavy atom. The molecule has 3 aromatic rings. The number of hydrogen-bond donors (Lipinski definition) is 4. The second-order valence-corrected chi connectivity index (χ2v) is 6.52. The van der Waals surface area contributed by atoms with Crippen molar-refractivity contribution in [1.29, 1.82) is 0 Å². The number of aromatic nitrogens is 4. The van der Waals surface area contributed by atoms with Crippen LogP contribution in [0.5, 0.6) is 0 Å². The number of nitrogens with zero attached hydrogens (tertiary/aromatic N) is 3. The fourth-order valence-corrected chi connectivity index (χ4v) is 2.71. The van der Waals surface area contributed by atoms with Crippen LogP contribution in [0, 0.1) is 5.82 Å². The molecule has 0 spiro atoms. The van der Waals surface area contributed by atoms with Crippen molar-refractivity contribution in [2.24, 2.45) is 0 Å². The number of nitrogen functional groups attached to an aromatic ring is 1. The van der Waals surface area contributed by atoms with Crippen LogP contribution in [-0.4, -0.2) is 20.2 Å². The molecule has 7 nitrogen and oxygen atoms in total. The van der Waals surface area contributed by atoms with Gasteiger partial charge < -0.3 is 16.4 Å². The number of H-pyrrole nitrogens is 1. The van der Waals surface area contributed by atoms with Crippen LogP contribution >= 0.6 is 0 Å². The third-order valence-corrected chi connectivity index (χ3v) is 4.39. The first-order valence-corrected chi connectivity index (χ1v) is 8.55. The Kier molecular flexibility index (Phi) is 4.16. The van der Waals surface area contributed by atoms with Crippen LogP contribution in [0.2, 0.25) is 0 Å². The molecule has 0 saturated heterocycles. The maximum Gasteiger partial charge on any atom is 0.225 e. The van der Waals surface area contributed by atoms with E-state index in [9.17, 15) is 4.39 Å². The van der Waals surface area contributed by atoms with E-state index in [2.05, 4.69) is 30.8 Å². The summed E-state index contributed by atoms with van der Waals surface area (Å²) in [6.45, 7) is 1.95. The lowest BCUT2D eigenvalue weighted by atomic mass is 10.1. The van der Waals surface area contributed by atoms with Gasteiger partial charge in [0.2, 0.25) is 5.95 Å². The van der Waals surface area contributed by atoms with Crippen LogP contribution in [0.25, 0.3) is 0 Å². The fraction of sp³-hybridized carbons (Fsp3) is 0.278. The number of hydrogen-bond acceptors (Lipinski definition) is 6. The van der Waals surface area contributed by atoms with Gasteiger partial charge in [0.25, 0.3) is 0 Å². The minimum Gasteiger partial charge on any atom is -0.394 e. The number of aromatic amines is 1. The van der Waals surface area contributed by atoms with Gasteiger partial charge >= 0.3 is 0 Å². The molecule has 1 fully saturated rings. The van der Waals surface area contributed by atoms with Crippen molar-refractivity contribution in [1.82, 2.24) is 20.2 Å². The van der Waals surface area contributed by atoms with Crippen molar-refractivity contribution in [3.8, 4) is 0 Å². The van der Waals surface area contributed by atoms with Crippen LogP contribution in [0.1, 0.15) is 43.0 Å². The van der Waals surface area contributed by atoms with Gasteiger partial charge in [-0.3, -0.25) is 5.10 Å². The summed E-state index contributed by atoms with van der Waals surface area (Å²) in [6, 6.07) is 8.21. The normalized spacial score (nSPS) is 14.8. The van der Waals surface area contributed by atoms with Gasteiger partial charge in [-0.15, -0.1) is 0 Å². The zero-order valence-corrected chi connectivity index (χ0v) is 14.3. The van der Waals surface area contributed by atoms with Gasteiger partial charge in [0.1, 0.15) is 5.82 Å². The molecule has 8 heteroatoms. The molecule has 2 heterocycles. The molecule has 1 aliphatic rings. The monoisotopic (exact) mass is 353 g/mol. The fourth-order valence-electron chi connectivity index (χ4n) is 2.71. The van der Waals surface area contributed by atoms with Gasteiger partial charge in [-0.05, 0) is 37.5 Å². The average Bonchev–Trinajstić information content (AvgIpc) is 3.38. The molecular formula is C18H20FN7. The summed E-state index contributed by atoms with van der Waals surface area (Å²) < 4.78 is 13.1. The molecule has 0 bridgehead atoms. The first-order chi connectivity index (χ1) is 12.6. The minimum atomic E-state index is -0.263. The molecule has 5 N–H and O–H groups in total. The predicted molar refractivity (Wildman–Crippen MR) is 98.7 cm³/mol. The molecular weight excluding hydrogens is 333 g/mol. The van der Waals surface area contributed by atoms with E-state index in [0.29, 0.717) is 29.2 Å². The lowest BCUT2D eigenvalue weighted by Gasteiger charge is -2.15. The highest BCUT2D eigenvalue weighted by Gasteiger charge is 2.25. The van der Waals surface area contributed by atoms with Gasteiger partial charge in [-0.25, -0.2) is 9.37 Å². The van der Waals surface area contributed by atoms with Crippen molar-refractivity contribution in [2.45, 2.75) is 31.7 Å². The molecule has 4 rings (SSSR count). The number of halogens is 1. The number of nitrogens with two attached hydrogens (primary N) is 1. The molecule has 1 saturated carbocycles. The van der Waals surface area contributed by atoms with Gasteiger partial charge in [0.05, 0.1) is 17.9 Å². The smallest absolute Gasteiger partial charge is 0.225 e. The van der Waals surface area contributed by atoms with Crippen molar-refractivity contribution in [3.05, 3.63) is 53.6 Å². The maximum atomic E-state index is 13.1. The summed E-state index contributed by atoms with van der Waals surface area (Å²) >= 11 is 0. The molecule has 1 aliphatic carbocycles. The third-order valence-electron chi connectivity index (χ3n) is 4.39. The van der Waals surface area contributed by atoms with E-state index in [1.807, 2.05) is 13.0 Å². The lowest BCUT2D eigenvalue weighted by Crippen LogP contribution is -2.11. The van der Waals surface area contributed by atoms with Crippen LogP contribution in [0.4, 0.5) is 27.7 Å². The summed E-state index contributed by atoms with van der Waals surface area (Å²) in [7, 11) is 0. The Balaban J connectivity index is 1.48. The van der Waals surface area contributed by atoms with Crippen molar-refractivity contribution in [3.63, 3.8) is 0 Å². The largest absolute Gasteiger partial charge is 0.394 e. The summed E-state index contributed by atoms with van der Waals surface area (Å²) in [4.78, 5) is 8.65. The van der Waals surface area contributed by atoms with Crippen molar-refractivity contribution < 1.29 is 4.39 Å². The maximum absolute atomic E-state index is 13.1. The third kappa shape index (κ3) is 3.58. The molecule has 0 amide bonds. The molecule has 26 heavy (non-hydrogen) atoms. The first-order valence-electron chi connectivity index (χ1n) is 8.55. The Morgan fingerprint density at radius 2 is 2.04 bits per heavy atom. The molecule has 2 aromatic heterocycles. The van der Waals surface area contributed by atoms with Crippen molar-refractivity contribution >= 4 is 23.3 Å². The zero-order chi connectivity index (χ0) is 18.1.